The van der Waals surface area contributed by atoms with Gasteiger partial charge in [0.15, 0.2) is 6.61 Å². The minimum atomic E-state index is -0.414. The smallest absolute Gasteiger partial charge is 0.277 e. The number of ether oxygens (including phenoxy) is 2. The van der Waals surface area contributed by atoms with E-state index >= 15 is 0 Å². The van der Waals surface area contributed by atoms with E-state index < -0.39 is 5.91 Å². The summed E-state index contributed by atoms with van der Waals surface area (Å²) in [7, 11) is 0. The average molecular weight is 416 g/mol. The number of para-hydroxylation sites is 1. The van der Waals surface area contributed by atoms with E-state index in [0.717, 1.165) is 11.1 Å². The molecule has 0 aromatic heterocycles. The lowest BCUT2D eigenvalue weighted by Crippen LogP contribution is -2.24. The topological polar surface area (TPSA) is 80.2 Å². The molecule has 6 nitrogen and oxygen atoms in total. The zero-order valence-corrected chi connectivity index (χ0v) is 17.0. The molecule has 0 spiro atoms. The van der Waals surface area contributed by atoms with Gasteiger partial charge in [0.2, 0.25) is 0 Å². The first-order valence-electron chi connectivity index (χ1n) is 9.79. The summed E-state index contributed by atoms with van der Waals surface area (Å²) in [5.74, 6) is 0.957. The molecular weight excluding hydrogens is 392 g/mol. The highest BCUT2D eigenvalue weighted by atomic mass is 16.5. The first-order valence-corrected chi connectivity index (χ1v) is 9.79. The predicted octanol–water partition coefficient (Wildman–Crippen LogP) is 4.23. The summed E-state index contributed by atoms with van der Waals surface area (Å²) in [6.07, 6.45) is 3.64. The van der Waals surface area contributed by atoms with Crippen LogP contribution in [0, 0.1) is 0 Å². The van der Waals surface area contributed by atoms with E-state index in [2.05, 4.69) is 17.1 Å². The molecule has 31 heavy (non-hydrogen) atoms. The van der Waals surface area contributed by atoms with Crippen LogP contribution in [0.25, 0.3) is 0 Å². The Balaban J connectivity index is 1.44. The third-order valence-electron chi connectivity index (χ3n) is 4.35. The second kappa shape index (κ2) is 11.2. The van der Waals surface area contributed by atoms with Crippen molar-refractivity contribution in [3.63, 3.8) is 0 Å². The normalized spacial score (nSPS) is 10.6. The first kappa shape index (κ1) is 21.6. The van der Waals surface area contributed by atoms with Crippen molar-refractivity contribution in [1.29, 1.82) is 0 Å². The summed E-state index contributed by atoms with van der Waals surface area (Å²) >= 11 is 0. The standard InChI is InChI=1S/C25H24N2O4/c1-2-7-20-10-6-11-21(25(20)29)16-26-27-24(28)18-31-23-14-12-22(13-15-23)30-17-19-8-4-3-5-9-19/h2-6,8-16,29H,1,7,17-18H2,(H,27,28)/b26-16-. The SMILES string of the molecule is C=CCc1cccc(/C=N\NC(=O)COc2ccc(OCc3ccccc3)cc2)c1O. The number of hydrogen-bond donors (Lipinski definition) is 2. The van der Waals surface area contributed by atoms with Gasteiger partial charge >= 0.3 is 0 Å². The maximum absolute atomic E-state index is 11.9. The number of benzene rings is 3. The molecule has 3 aromatic rings. The molecule has 0 saturated carbocycles. The number of hydrazone groups is 1. The van der Waals surface area contributed by atoms with Crippen molar-refractivity contribution in [2.75, 3.05) is 6.61 Å². The Morgan fingerprint density at radius 2 is 1.68 bits per heavy atom. The number of rotatable bonds is 10. The number of carbonyl (C=O) groups excluding carboxylic acids is 1. The fraction of sp³-hybridized carbons (Fsp3) is 0.120. The Morgan fingerprint density at radius 3 is 2.39 bits per heavy atom. The van der Waals surface area contributed by atoms with Crippen LogP contribution in [-0.2, 0) is 17.8 Å². The van der Waals surface area contributed by atoms with Crippen molar-refractivity contribution < 1.29 is 19.4 Å². The van der Waals surface area contributed by atoms with Crippen LogP contribution in [0.15, 0.2) is 90.6 Å². The fourth-order valence-corrected chi connectivity index (χ4v) is 2.76. The zero-order chi connectivity index (χ0) is 21.9. The molecule has 0 aliphatic carbocycles. The predicted molar refractivity (Wildman–Crippen MR) is 120 cm³/mol. The molecule has 158 valence electrons. The lowest BCUT2D eigenvalue weighted by atomic mass is 10.1. The van der Waals surface area contributed by atoms with E-state index in [-0.39, 0.29) is 12.4 Å². The second-order valence-corrected chi connectivity index (χ2v) is 6.68. The molecule has 0 aliphatic heterocycles. The summed E-state index contributed by atoms with van der Waals surface area (Å²) in [6, 6.07) is 22.2. The molecule has 3 aromatic carbocycles. The summed E-state index contributed by atoms with van der Waals surface area (Å²) in [6.45, 7) is 3.95. The van der Waals surface area contributed by atoms with Crippen molar-refractivity contribution in [2.45, 2.75) is 13.0 Å². The summed E-state index contributed by atoms with van der Waals surface area (Å²) in [5.41, 5.74) is 4.71. The fourth-order valence-electron chi connectivity index (χ4n) is 2.76. The van der Waals surface area contributed by atoms with Gasteiger partial charge in [-0.3, -0.25) is 4.79 Å². The number of phenols is 1. The summed E-state index contributed by atoms with van der Waals surface area (Å²) in [5, 5.41) is 14.0. The number of amides is 1. The number of hydrogen-bond acceptors (Lipinski definition) is 5. The molecule has 1 amide bonds. The Kier molecular flexibility index (Phi) is 7.83. The van der Waals surface area contributed by atoms with Gasteiger partial charge in [-0.1, -0.05) is 48.5 Å². The highest BCUT2D eigenvalue weighted by Crippen LogP contribution is 2.21. The highest BCUT2D eigenvalue weighted by Gasteiger charge is 2.05. The van der Waals surface area contributed by atoms with Crippen molar-refractivity contribution >= 4 is 12.1 Å². The Morgan fingerprint density at radius 1 is 0.968 bits per heavy atom. The van der Waals surface area contributed by atoms with Crippen LogP contribution in [0.2, 0.25) is 0 Å². The molecule has 2 N–H and O–H groups in total. The van der Waals surface area contributed by atoms with Gasteiger partial charge in [0.1, 0.15) is 23.9 Å². The van der Waals surface area contributed by atoms with E-state index in [1.54, 1.807) is 48.5 Å². The monoisotopic (exact) mass is 416 g/mol. The number of carbonyl (C=O) groups is 1. The van der Waals surface area contributed by atoms with Gasteiger partial charge in [-0.25, -0.2) is 5.43 Å². The number of nitrogens with one attached hydrogen (secondary N) is 1. The molecule has 0 saturated heterocycles. The number of phenolic OH excluding ortho intramolecular Hbond substituents is 1. The molecule has 3 rings (SSSR count). The number of allylic oxidation sites excluding steroid dienone is 1. The second-order valence-electron chi connectivity index (χ2n) is 6.68. The molecule has 0 unspecified atom stereocenters. The van der Waals surface area contributed by atoms with E-state index in [1.165, 1.54) is 6.21 Å². The Labute approximate surface area is 181 Å². The van der Waals surface area contributed by atoms with Crippen LogP contribution in [-0.4, -0.2) is 23.8 Å². The third-order valence-corrected chi connectivity index (χ3v) is 4.35. The van der Waals surface area contributed by atoms with Crippen LogP contribution in [0.3, 0.4) is 0 Å². The van der Waals surface area contributed by atoms with Crippen LogP contribution >= 0.6 is 0 Å². The van der Waals surface area contributed by atoms with Crippen molar-refractivity contribution in [3.05, 3.63) is 102 Å². The lowest BCUT2D eigenvalue weighted by molar-refractivity contribution is -0.123. The molecule has 6 heteroatoms. The molecule has 0 bridgehead atoms. The summed E-state index contributed by atoms with van der Waals surface area (Å²) < 4.78 is 11.2. The summed E-state index contributed by atoms with van der Waals surface area (Å²) in [4.78, 5) is 11.9. The van der Waals surface area contributed by atoms with E-state index in [4.69, 9.17) is 9.47 Å². The molecule has 0 aliphatic rings. The van der Waals surface area contributed by atoms with Crippen LogP contribution < -0.4 is 14.9 Å². The van der Waals surface area contributed by atoms with Crippen LogP contribution in [0.1, 0.15) is 16.7 Å². The Bertz CT molecular complexity index is 1030. The van der Waals surface area contributed by atoms with Crippen molar-refractivity contribution in [2.24, 2.45) is 5.10 Å². The van der Waals surface area contributed by atoms with E-state index in [1.807, 2.05) is 30.3 Å². The highest BCUT2D eigenvalue weighted by molar-refractivity contribution is 5.86. The van der Waals surface area contributed by atoms with Gasteiger partial charge in [-0.05, 0) is 47.9 Å². The van der Waals surface area contributed by atoms with Gasteiger partial charge in [0.05, 0.1) is 6.21 Å². The van der Waals surface area contributed by atoms with Gasteiger partial charge in [0, 0.05) is 5.56 Å². The van der Waals surface area contributed by atoms with E-state index in [0.29, 0.717) is 30.1 Å². The van der Waals surface area contributed by atoms with Crippen LogP contribution in [0.4, 0.5) is 0 Å². The third kappa shape index (κ3) is 6.75. The number of nitrogens with zero attached hydrogens (tertiary/aromatic N) is 1. The Hall–Kier alpha value is -4.06. The van der Waals surface area contributed by atoms with Crippen molar-refractivity contribution in [3.8, 4) is 17.2 Å². The minimum Gasteiger partial charge on any atom is -0.507 e. The van der Waals surface area contributed by atoms with Gasteiger partial charge in [-0.15, -0.1) is 6.58 Å². The molecule has 0 radical (unpaired) electrons. The van der Waals surface area contributed by atoms with E-state index in [9.17, 15) is 9.90 Å². The van der Waals surface area contributed by atoms with Crippen molar-refractivity contribution in [1.82, 2.24) is 5.43 Å². The quantitative estimate of drug-likeness (QED) is 0.294. The molecule has 0 atom stereocenters. The average Bonchev–Trinajstić information content (AvgIpc) is 2.80. The van der Waals surface area contributed by atoms with Gasteiger partial charge < -0.3 is 14.6 Å². The molecular formula is C25H24N2O4. The molecule has 0 fully saturated rings. The van der Waals surface area contributed by atoms with Crippen LogP contribution in [0.5, 0.6) is 17.2 Å². The van der Waals surface area contributed by atoms with Gasteiger partial charge in [0.25, 0.3) is 5.91 Å². The zero-order valence-electron chi connectivity index (χ0n) is 17.0. The maximum atomic E-state index is 11.9. The first-order chi connectivity index (χ1) is 15.2. The molecule has 0 heterocycles. The maximum Gasteiger partial charge on any atom is 0.277 e. The lowest BCUT2D eigenvalue weighted by Gasteiger charge is -2.08. The van der Waals surface area contributed by atoms with Gasteiger partial charge in [-0.2, -0.15) is 5.10 Å². The minimum absolute atomic E-state index is 0.117. The number of aromatic hydroxyl groups is 1. The largest absolute Gasteiger partial charge is 0.507 e.